The van der Waals surface area contributed by atoms with Crippen LogP contribution in [-0.4, -0.2) is 18.2 Å². The van der Waals surface area contributed by atoms with E-state index in [4.69, 9.17) is 25.2 Å². The van der Waals surface area contributed by atoms with E-state index in [0.29, 0.717) is 15.9 Å². The summed E-state index contributed by atoms with van der Waals surface area (Å²) in [4.78, 5) is 26.9. The number of benzene rings is 1. The summed E-state index contributed by atoms with van der Waals surface area (Å²) in [6.07, 6.45) is 0. The van der Waals surface area contributed by atoms with Crippen LogP contribution >= 0.6 is 19.8 Å². The van der Waals surface area contributed by atoms with Crippen LogP contribution in [0.2, 0.25) is 5.02 Å². The molecule has 0 unspecified atom stereocenters. The highest BCUT2D eigenvalue weighted by molar-refractivity contribution is 7.54. The third-order valence-corrected chi connectivity index (χ3v) is 4.75. The van der Waals surface area contributed by atoms with E-state index in [1.165, 1.54) is 6.07 Å². The van der Waals surface area contributed by atoms with Crippen molar-refractivity contribution in [2.24, 2.45) is 5.41 Å². The molecule has 2 aromatic rings. The van der Waals surface area contributed by atoms with Gasteiger partial charge in [-0.05, 0) is 18.2 Å². The summed E-state index contributed by atoms with van der Waals surface area (Å²) < 4.78 is 16.0. The first-order valence-corrected chi connectivity index (χ1v) is 8.52. The molecule has 0 spiro atoms. The summed E-state index contributed by atoms with van der Waals surface area (Å²) in [6.45, 7) is 4.34. The number of fused-ring (bicyclic) bond motifs is 1. The van der Waals surface area contributed by atoms with Gasteiger partial charge in [0.1, 0.15) is 13.2 Å². The van der Waals surface area contributed by atoms with Crippen LogP contribution in [0.15, 0.2) is 29.1 Å². The Labute approximate surface area is 132 Å². The predicted molar refractivity (Wildman–Crippen MR) is 82.8 cm³/mol. The third kappa shape index (κ3) is 3.26. The summed E-state index contributed by atoms with van der Waals surface area (Å²) in [5.74, 6) is 0.115. The van der Waals surface area contributed by atoms with Gasteiger partial charge in [-0.1, -0.05) is 25.4 Å². The second-order valence-corrected chi connectivity index (χ2v) is 7.97. The van der Waals surface area contributed by atoms with Crippen molar-refractivity contribution in [2.75, 3.05) is 13.2 Å². The van der Waals surface area contributed by atoms with E-state index < -0.39 is 8.17 Å². The molecule has 1 fully saturated rings. The van der Waals surface area contributed by atoms with Crippen molar-refractivity contribution in [1.82, 2.24) is 4.98 Å². The summed E-state index contributed by atoms with van der Waals surface area (Å²) in [6, 6.07) is 6.10. The van der Waals surface area contributed by atoms with Gasteiger partial charge in [-0.15, -0.1) is 0 Å². The average molecular weight is 344 g/mol. The van der Waals surface area contributed by atoms with Crippen molar-refractivity contribution in [1.29, 1.82) is 0 Å². The van der Waals surface area contributed by atoms with Crippen LogP contribution < -0.4 is 15.0 Å². The van der Waals surface area contributed by atoms with Crippen molar-refractivity contribution in [3.8, 4) is 5.75 Å². The predicted octanol–water partition coefficient (Wildman–Crippen LogP) is 2.67. The molecule has 0 aliphatic carbocycles. The standard InChI is InChI=1S/C14H15ClNO5P/c1-14(2)7-19-22(18,20-8-14)21-12-6-13(17)16-11-4-3-9(15)5-10(11)12/h3-6H,7-8H2,1-2H3,(H,16,17). The summed E-state index contributed by atoms with van der Waals surface area (Å²) in [5, 5.41) is 0.994. The zero-order valence-electron chi connectivity index (χ0n) is 12.1. The number of aromatic nitrogens is 1. The van der Waals surface area contributed by atoms with E-state index in [-0.39, 0.29) is 29.9 Å². The number of H-pyrrole nitrogens is 1. The molecule has 0 amide bonds. The van der Waals surface area contributed by atoms with Crippen molar-refractivity contribution in [2.45, 2.75) is 13.8 Å². The number of halogens is 1. The molecule has 118 valence electrons. The van der Waals surface area contributed by atoms with Gasteiger partial charge in [-0.25, -0.2) is 0 Å². The molecule has 0 atom stereocenters. The normalized spacial score (nSPS) is 20.0. The van der Waals surface area contributed by atoms with Gasteiger partial charge in [0.05, 0.1) is 11.6 Å². The van der Waals surface area contributed by atoms with Gasteiger partial charge < -0.3 is 9.88 Å². The Balaban J connectivity index is 1.97. The molecule has 1 saturated heterocycles. The number of phosphoric ester groups is 1. The highest BCUT2D eigenvalue weighted by atomic mass is 35.5. The van der Waals surface area contributed by atoms with Crippen LogP contribution in [0.25, 0.3) is 10.9 Å². The molecule has 0 bridgehead atoms. The first-order valence-electron chi connectivity index (χ1n) is 6.68. The van der Waals surface area contributed by atoms with Gasteiger partial charge in [0.2, 0.25) is 0 Å². The first kappa shape index (κ1) is 15.7. The highest BCUT2D eigenvalue weighted by Crippen LogP contribution is 2.58. The van der Waals surface area contributed by atoms with Crippen molar-refractivity contribution in [3.63, 3.8) is 0 Å². The zero-order valence-corrected chi connectivity index (χ0v) is 13.7. The minimum Gasteiger partial charge on any atom is -0.598 e. The smallest absolute Gasteiger partial charge is 0.429 e. The fraction of sp³-hybridized carbons (Fsp3) is 0.357. The number of pyridine rings is 1. The Hall–Kier alpha value is -1.17. The van der Waals surface area contributed by atoms with Gasteiger partial charge >= 0.3 is 8.17 Å². The van der Waals surface area contributed by atoms with Crippen molar-refractivity contribution in [3.05, 3.63) is 39.6 Å². The summed E-state index contributed by atoms with van der Waals surface area (Å²) in [7, 11) is -3.75. The lowest BCUT2D eigenvalue weighted by Crippen LogP contribution is -2.37. The van der Waals surface area contributed by atoms with E-state index in [2.05, 4.69) is 4.98 Å². The monoisotopic (exact) mass is 343 g/mol. The largest absolute Gasteiger partial charge is 0.598 e. The molecular weight excluding hydrogens is 329 g/mol. The Morgan fingerprint density at radius 3 is 2.68 bits per heavy atom. The lowest BCUT2D eigenvalue weighted by Gasteiger charge is -2.35. The number of hydrogen-bond acceptors (Lipinski definition) is 5. The average Bonchev–Trinajstić information content (AvgIpc) is 2.44. The third-order valence-electron chi connectivity index (χ3n) is 3.20. The fourth-order valence-corrected chi connectivity index (χ4v) is 3.79. The van der Waals surface area contributed by atoms with Gasteiger partial charge in [0.25, 0.3) is 5.56 Å². The van der Waals surface area contributed by atoms with Crippen molar-refractivity contribution < 1.29 is 18.5 Å². The molecular formula is C14H15ClNO5P. The van der Waals surface area contributed by atoms with E-state index in [1.54, 1.807) is 18.2 Å². The van der Waals surface area contributed by atoms with Crippen LogP contribution in [0.4, 0.5) is 0 Å². The topological polar surface area (TPSA) is 83.6 Å². The van der Waals surface area contributed by atoms with Crippen LogP contribution in [0.1, 0.15) is 13.8 Å². The van der Waals surface area contributed by atoms with Gasteiger partial charge in [0, 0.05) is 15.8 Å². The molecule has 6 nitrogen and oxygen atoms in total. The number of rotatable bonds is 2. The number of phosphoric acid groups is 1. The fourth-order valence-electron chi connectivity index (χ4n) is 2.03. The second-order valence-electron chi connectivity index (χ2n) is 5.94. The van der Waals surface area contributed by atoms with Gasteiger partial charge in [-0.2, -0.15) is 9.05 Å². The molecule has 0 saturated carbocycles. The number of hydrogen-bond donors (Lipinski definition) is 1. The quantitative estimate of drug-likeness (QED) is 0.847. The molecule has 3 rings (SSSR count). The molecule has 1 N–H and O–H groups in total. The molecule has 8 heteroatoms. The van der Waals surface area contributed by atoms with Crippen LogP contribution in [0.5, 0.6) is 5.75 Å². The Kier molecular flexibility index (Phi) is 3.91. The minimum absolute atomic E-state index is 0.115. The van der Waals surface area contributed by atoms with Crippen LogP contribution in [-0.2, 0) is 9.05 Å². The van der Waals surface area contributed by atoms with Crippen LogP contribution in [0.3, 0.4) is 0 Å². The van der Waals surface area contributed by atoms with Crippen molar-refractivity contribution >= 4 is 30.7 Å². The Morgan fingerprint density at radius 1 is 1.32 bits per heavy atom. The maximum atomic E-state index is 12.5. The van der Waals surface area contributed by atoms with E-state index in [0.717, 1.165) is 0 Å². The number of nitrogens with one attached hydrogen (secondary N) is 1. The maximum absolute atomic E-state index is 12.5. The summed E-state index contributed by atoms with van der Waals surface area (Å²) >= 11 is 5.97. The molecule has 1 aromatic carbocycles. The molecule has 0 radical (unpaired) electrons. The minimum atomic E-state index is -3.75. The highest BCUT2D eigenvalue weighted by Gasteiger charge is 2.44. The SMILES string of the molecule is CC1(C)CO[P+]([O-])(Oc2cc(=O)[nH]c3ccc(Cl)cc23)OC1. The van der Waals surface area contributed by atoms with Gasteiger partial charge in [0.15, 0.2) is 5.75 Å². The molecule has 1 aliphatic heterocycles. The molecule has 2 heterocycles. The lowest BCUT2D eigenvalue weighted by atomic mass is 9.97. The zero-order chi connectivity index (χ0) is 16.0. The van der Waals surface area contributed by atoms with E-state index in [9.17, 15) is 9.69 Å². The first-order chi connectivity index (χ1) is 10.3. The maximum Gasteiger partial charge on any atom is 0.429 e. The van der Waals surface area contributed by atoms with Crippen LogP contribution in [0, 0.1) is 5.41 Å². The summed E-state index contributed by atoms with van der Waals surface area (Å²) in [5.41, 5.74) is -0.0961. The second kappa shape index (κ2) is 5.48. The molecule has 1 aliphatic rings. The Morgan fingerprint density at radius 2 is 2.00 bits per heavy atom. The molecule has 1 aromatic heterocycles. The van der Waals surface area contributed by atoms with Gasteiger partial charge in [-0.3, -0.25) is 9.32 Å². The Bertz CT molecular complexity index is 765. The van der Waals surface area contributed by atoms with E-state index in [1.807, 2.05) is 13.8 Å². The van der Waals surface area contributed by atoms with E-state index >= 15 is 0 Å². The number of aromatic amines is 1. The lowest BCUT2D eigenvalue weighted by molar-refractivity contribution is -0.253. The molecule has 22 heavy (non-hydrogen) atoms.